The van der Waals surface area contributed by atoms with Crippen molar-refractivity contribution in [2.24, 2.45) is 5.92 Å². The van der Waals surface area contributed by atoms with Crippen molar-refractivity contribution in [3.8, 4) is 10.6 Å². The van der Waals surface area contributed by atoms with Gasteiger partial charge < -0.3 is 16.0 Å². The van der Waals surface area contributed by atoms with Gasteiger partial charge in [-0.3, -0.25) is 14.4 Å². The average Bonchev–Trinajstić information content (AvgIpc) is 3.59. The molecule has 164 valence electrons. The predicted molar refractivity (Wildman–Crippen MR) is 125 cm³/mol. The van der Waals surface area contributed by atoms with Crippen LogP contribution in [-0.4, -0.2) is 35.8 Å². The minimum absolute atomic E-state index is 0.0324. The maximum Gasteiger partial charge on any atom is 0.263 e. The number of anilines is 1. The maximum atomic E-state index is 12.5. The summed E-state index contributed by atoms with van der Waals surface area (Å²) in [5.74, 6) is -0.274. The van der Waals surface area contributed by atoms with E-state index in [2.05, 4.69) is 20.9 Å². The fourth-order valence-electron chi connectivity index (χ4n) is 3.14. The van der Waals surface area contributed by atoms with Crippen molar-refractivity contribution in [2.45, 2.75) is 19.8 Å². The largest absolute Gasteiger partial charge is 0.350 e. The van der Waals surface area contributed by atoms with E-state index in [1.807, 2.05) is 37.3 Å². The topological polar surface area (TPSA) is 100 Å². The normalized spacial score (nSPS) is 12.8. The fraction of sp³-hybridized carbons (Fsp3) is 0.250. The highest BCUT2D eigenvalue weighted by atomic mass is 32.1. The number of amides is 3. The van der Waals surface area contributed by atoms with Crippen LogP contribution in [0, 0.1) is 12.8 Å². The van der Waals surface area contributed by atoms with Gasteiger partial charge in [-0.15, -0.1) is 11.3 Å². The number of nitrogens with one attached hydrogen (secondary N) is 3. The highest BCUT2D eigenvalue weighted by Crippen LogP contribution is 2.30. The van der Waals surface area contributed by atoms with E-state index in [4.69, 9.17) is 0 Å². The molecule has 0 radical (unpaired) electrons. The average molecular weight is 449 g/mol. The van der Waals surface area contributed by atoms with Gasteiger partial charge in [0.05, 0.1) is 5.69 Å². The molecule has 1 aliphatic carbocycles. The first-order valence-corrected chi connectivity index (χ1v) is 11.3. The summed E-state index contributed by atoms with van der Waals surface area (Å²) in [4.78, 5) is 41.7. The maximum absolute atomic E-state index is 12.5. The first-order valence-electron chi connectivity index (χ1n) is 10.5. The van der Waals surface area contributed by atoms with Gasteiger partial charge in [0.25, 0.3) is 11.8 Å². The number of aromatic nitrogens is 1. The number of aryl methyl sites for hydroxylation is 1. The zero-order valence-electron chi connectivity index (χ0n) is 17.7. The number of hydrogen-bond donors (Lipinski definition) is 3. The van der Waals surface area contributed by atoms with Crippen molar-refractivity contribution in [3.63, 3.8) is 0 Å². The Bertz CT molecular complexity index is 1120. The van der Waals surface area contributed by atoms with Crippen LogP contribution in [0.3, 0.4) is 0 Å². The molecule has 1 saturated carbocycles. The molecule has 1 heterocycles. The number of thiazole rings is 1. The second kappa shape index (κ2) is 9.74. The smallest absolute Gasteiger partial charge is 0.263 e. The molecule has 0 bridgehead atoms. The molecule has 0 saturated heterocycles. The standard InChI is InChI=1S/C24H24N4O3S/c1-15-20(32-24(27-15)18-5-3-2-4-6-18)23(31)26-14-13-25-21(29)16-9-11-19(12-10-16)28-22(30)17-7-8-17/h2-6,9-12,17H,7-8,13-14H2,1H3,(H,25,29)(H,26,31)(H,28,30). The van der Waals surface area contributed by atoms with E-state index < -0.39 is 0 Å². The lowest BCUT2D eigenvalue weighted by molar-refractivity contribution is -0.117. The molecule has 32 heavy (non-hydrogen) atoms. The van der Waals surface area contributed by atoms with Crippen LogP contribution in [0.2, 0.25) is 0 Å². The third kappa shape index (κ3) is 5.39. The van der Waals surface area contributed by atoms with E-state index in [0.717, 1.165) is 23.4 Å². The van der Waals surface area contributed by atoms with Crippen LogP contribution in [0.25, 0.3) is 10.6 Å². The molecule has 0 spiro atoms. The highest BCUT2D eigenvalue weighted by molar-refractivity contribution is 7.17. The number of carbonyl (C=O) groups excluding carboxylic acids is 3. The van der Waals surface area contributed by atoms with E-state index >= 15 is 0 Å². The van der Waals surface area contributed by atoms with Crippen molar-refractivity contribution in [3.05, 3.63) is 70.7 Å². The molecular formula is C24H24N4O3S. The number of hydrogen-bond acceptors (Lipinski definition) is 5. The minimum Gasteiger partial charge on any atom is -0.350 e. The van der Waals surface area contributed by atoms with Crippen LogP contribution in [0.4, 0.5) is 5.69 Å². The molecule has 2 aromatic carbocycles. The molecule has 8 heteroatoms. The van der Waals surface area contributed by atoms with Crippen LogP contribution in [0.1, 0.15) is 38.6 Å². The lowest BCUT2D eigenvalue weighted by Crippen LogP contribution is -2.34. The van der Waals surface area contributed by atoms with Gasteiger partial charge in [-0.1, -0.05) is 30.3 Å². The third-order valence-corrected chi connectivity index (χ3v) is 6.29. The van der Waals surface area contributed by atoms with E-state index in [9.17, 15) is 14.4 Å². The predicted octanol–water partition coefficient (Wildman–Crippen LogP) is 3.63. The summed E-state index contributed by atoms with van der Waals surface area (Å²) in [6.45, 7) is 2.42. The molecular weight excluding hydrogens is 424 g/mol. The Hall–Kier alpha value is -3.52. The summed E-state index contributed by atoms with van der Waals surface area (Å²) in [6.07, 6.45) is 1.89. The van der Waals surface area contributed by atoms with Crippen molar-refractivity contribution >= 4 is 34.7 Å². The second-order valence-corrected chi connectivity index (χ2v) is 8.65. The van der Waals surface area contributed by atoms with Crippen LogP contribution >= 0.6 is 11.3 Å². The first kappa shape index (κ1) is 21.7. The van der Waals surface area contributed by atoms with Crippen LogP contribution in [-0.2, 0) is 4.79 Å². The van der Waals surface area contributed by atoms with Crippen LogP contribution in [0.5, 0.6) is 0 Å². The minimum atomic E-state index is -0.236. The van der Waals surface area contributed by atoms with Gasteiger partial charge in [0.15, 0.2) is 0 Å². The van der Waals surface area contributed by atoms with Gasteiger partial charge in [-0.2, -0.15) is 0 Å². The SMILES string of the molecule is Cc1nc(-c2ccccc2)sc1C(=O)NCCNC(=O)c1ccc(NC(=O)C2CC2)cc1. The van der Waals surface area contributed by atoms with Crippen molar-refractivity contribution < 1.29 is 14.4 Å². The Morgan fingerprint density at radius 1 is 0.938 bits per heavy atom. The Morgan fingerprint density at radius 2 is 1.59 bits per heavy atom. The molecule has 7 nitrogen and oxygen atoms in total. The molecule has 0 atom stereocenters. The van der Waals surface area contributed by atoms with Gasteiger partial charge in [0.1, 0.15) is 9.88 Å². The lowest BCUT2D eigenvalue weighted by atomic mass is 10.2. The number of nitrogens with zero attached hydrogens (tertiary/aromatic N) is 1. The lowest BCUT2D eigenvalue weighted by Gasteiger charge is -2.08. The van der Waals surface area contributed by atoms with Gasteiger partial charge in [-0.05, 0) is 44.0 Å². The fourth-order valence-corrected chi connectivity index (χ4v) is 4.13. The van der Waals surface area contributed by atoms with Gasteiger partial charge in [0.2, 0.25) is 5.91 Å². The monoisotopic (exact) mass is 448 g/mol. The summed E-state index contributed by atoms with van der Waals surface area (Å²) in [6, 6.07) is 16.5. The molecule has 3 amide bonds. The zero-order valence-corrected chi connectivity index (χ0v) is 18.5. The number of carbonyl (C=O) groups is 3. The van der Waals surface area contributed by atoms with Crippen LogP contribution in [0.15, 0.2) is 54.6 Å². The Labute approximate surface area is 190 Å². The molecule has 4 rings (SSSR count). The summed E-state index contributed by atoms with van der Waals surface area (Å²) in [5, 5.41) is 9.26. The molecule has 0 aliphatic heterocycles. The Morgan fingerprint density at radius 3 is 2.25 bits per heavy atom. The van der Waals surface area contributed by atoms with Gasteiger partial charge in [-0.25, -0.2) is 4.98 Å². The van der Waals surface area contributed by atoms with Crippen LogP contribution < -0.4 is 16.0 Å². The number of benzene rings is 2. The Balaban J connectivity index is 1.23. The summed E-state index contributed by atoms with van der Waals surface area (Å²) in [7, 11) is 0. The highest BCUT2D eigenvalue weighted by Gasteiger charge is 2.29. The molecule has 1 aliphatic rings. The molecule has 3 N–H and O–H groups in total. The quantitative estimate of drug-likeness (QED) is 0.458. The zero-order chi connectivity index (χ0) is 22.5. The van der Waals surface area contributed by atoms with E-state index in [1.54, 1.807) is 24.3 Å². The molecule has 3 aromatic rings. The third-order valence-electron chi connectivity index (χ3n) is 5.08. The van der Waals surface area contributed by atoms with E-state index in [1.165, 1.54) is 11.3 Å². The van der Waals surface area contributed by atoms with Crippen molar-refractivity contribution in [1.82, 2.24) is 15.6 Å². The van der Waals surface area contributed by atoms with E-state index in [0.29, 0.717) is 34.9 Å². The molecule has 1 fully saturated rings. The van der Waals surface area contributed by atoms with Crippen molar-refractivity contribution in [1.29, 1.82) is 0 Å². The Kier molecular flexibility index (Phi) is 6.61. The molecule has 1 aromatic heterocycles. The van der Waals surface area contributed by atoms with E-state index in [-0.39, 0.29) is 23.6 Å². The summed E-state index contributed by atoms with van der Waals surface area (Å²) >= 11 is 1.35. The summed E-state index contributed by atoms with van der Waals surface area (Å²) < 4.78 is 0. The van der Waals surface area contributed by atoms with Crippen molar-refractivity contribution in [2.75, 3.05) is 18.4 Å². The van der Waals surface area contributed by atoms with Gasteiger partial charge >= 0.3 is 0 Å². The number of rotatable bonds is 8. The summed E-state index contributed by atoms with van der Waals surface area (Å²) in [5.41, 5.74) is 2.83. The first-order chi connectivity index (χ1) is 15.5. The molecule has 0 unspecified atom stereocenters. The van der Waals surface area contributed by atoms with Gasteiger partial charge in [0, 0.05) is 35.8 Å². The second-order valence-electron chi connectivity index (χ2n) is 7.65.